The molecule has 5 nitrogen and oxygen atoms in total. The zero-order valence-corrected chi connectivity index (χ0v) is 16.5. The minimum atomic E-state index is -0.145. The first-order chi connectivity index (χ1) is 13.2. The van der Waals surface area contributed by atoms with Gasteiger partial charge in [-0.2, -0.15) is 5.10 Å². The van der Waals surface area contributed by atoms with E-state index in [0.717, 1.165) is 16.9 Å². The molecule has 0 radical (unpaired) electrons. The highest BCUT2D eigenvalue weighted by Crippen LogP contribution is 2.35. The minimum Gasteiger partial charge on any atom is -0.326 e. The smallest absolute Gasteiger partial charge is 0.256 e. The van der Waals surface area contributed by atoms with Crippen LogP contribution in [0.25, 0.3) is 5.69 Å². The lowest BCUT2D eigenvalue weighted by Gasteiger charge is -2.09. The maximum absolute atomic E-state index is 12.7. The topological polar surface area (TPSA) is 72.9 Å². The third-order valence-electron chi connectivity index (χ3n) is 5.20. The molecule has 0 aliphatic heterocycles. The van der Waals surface area contributed by atoms with Gasteiger partial charge in [0.25, 0.3) is 5.91 Å². The molecule has 1 saturated carbocycles. The number of nitrogens with one attached hydrogen (secondary N) is 1. The summed E-state index contributed by atoms with van der Waals surface area (Å²) >= 11 is 0. The van der Waals surface area contributed by atoms with Gasteiger partial charge in [-0.25, -0.2) is 4.68 Å². The fourth-order valence-corrected chi connectivity index (χ4v) is 3.66. The minimum absolute atomic E-state index is 0. The molecule has 4 rings (SSSR count). The average molecular weight is 397 g/mol. The van der Waals surface area contributed by atoms with E-state index in [2.05, 4.69) is 5.32 Å². The van der Waals surface area contributed by atoms with E-state index in [0.29, 0.717) is 23.8 Å². The molecule has 0 saturated heterocycles. The predicted molar refractivity (Wildman–Crippen MR) is 114 cm³/mol. The number of carbonyl (C=O) groups is 1. The van der Waals surface area contributed by atoms with E-state index in [9.17, 15) is 4.79 Å². The maximum Gasteiger partial charge on any atom is 0.256 e. The van der Waals surface area contributed by atoms with E-state index < -0.39 is 0 Å². The summed E-state index contributed by atoms with van der Waals surface area (Å²) in [5.74, 6) is 1.04. The van der Waals surface area contributed by atoms with Crippen LogP contribution >= 0.6 is 12.4 Å². The standard InChI is InChI=1S/C22H24N4O.ClH/c23-15-16-10-12-18(13-11-16)22(27)24-21-14-20(17-6-4-5-7-17)25-26(21)19-8-2-1-3-9-19;/h1-3,8-14,17H,4-7,15,23H2,(H,24,27);1H. The highest BCUT2D eigenvalue weighted by Gasteiger charge is 2.22. The number of benzene rings is 2. The van der Waals surface area contributed by atoms with Crippen LogP contribution in [0.1, 0.15) is 53.2 Å². The third-order valence-corrected chi connectivity index (χ3v) is 5.20. The Labute approximate surface area is 171 Å². The Hall–Kier alpha value is -2.63. The van der Waals surface area contributed by atoms with Crippen LogP contribution in [0, 0.1) is 0 Å². The van der Waals surface area contributed by atoms with E-state index >= 15 is 0 Å². The van der Waals surface area contributed by atoms with Crippen LogP contribution in [0.3, 0.4) is 0 Å². The van der Waals surface area contributed by atoms with Crippen LogP contribution in [0.5, 0.6) is 0 Å². The molecule has 28 heavy (non-hydrogen) atoms. The lowest BCUT2D eigenvalue weighted by Crippen LogP contribution is -2.15. The Bertz CT molecular complexity index is 915. The van der Waals surface area contributed by atoms with E-state index in [4.69, 9.17) is 10.8 Å². The van der Waals surface area contributed by atoms with Gasteiger partial charge >= 0.3 is 0 Å². The van der Waals surface area contributed by atoms with Gasteiger partial charge in [-0.1, -0.05) is 43.2 Å². The molecule has 146 valence electrons. The van der Waals surface area contributed by atoms with E-state index in [-0.39, 0.29) is 18.3 Å². The summed E-state index contributed by atoms with van der Waals surface area (Å²) in [6.45, 7) is 0.466. The van der Waals surface area contributed by atoms with Crippen molar-refractivity contribution in [3.05, 3.63) is 77.5 Å². The van der Waals surface area contributed by atoms with Crippen molar-refractivity contribution in [3.63, 3.8) is 0 Å². The van der Waals surface area contributed by atoms with Gasteiger partial charge in [-0.05, 0) is 42.7 Å². The summed E-state index contributed by atoms with van der Waals surface area (Å²) in [4.78, 5) is 12.7. The maximum atomic E-state index is 12.7. The van der Waals surface area contributed by atoms with Crippen LogP contribution < -0.4 is 11.1 Å². The summed E-state index contributed by atoms with van der Waals surface area (Å²) in [6.07, 6.45) is 4.83. The van der Waals surface area contributed by atoms with Gasteiger partial charge < -0.3 is 11.1 Å². The van der Waals surface area contributed by atoms with Gasteiger partial charge in [0.2, 0.25) is 0 Å². The molecule has 1 aromatic heterocycles. The molecule has 1 aliphatic carbocycles. The highest BCUT2D eigenvalue weighted by molar-refractivity contribution is 6.04. The number of nitrogens with two attached hydrogens (primary N) is 1. The summed E-state index contributed by atoms with van der Waals surface area (Å²) in [5.41, 5.74) is 9.25. The number of rotatable bonds is 5. The van der Waals surface area contributed by atoms with E-state index in [1.165, 1.54) is 25.7 Å². The molecule has 2 aromatic carbocycles. The number of hydrogen-bond acceptors (Lipinski definition) is 3. The Morgan fingerprint density at radius 1 is 1.07 bits per heavy atom. The molecule has 0 spiro atoms. The average Bonchev–Trinajstić information content (AvgIpc) is 3.38. The van der Waals surface area contributed by atoms with Crippen molar-refractivity contribution in [3.8, 4) is 5.69 Å². The fourth-order valence-electron chi connectivity index (χ4n) is 3.66. The zero-order chi connectivity index (χ0) is 18.6. The predicted octanol–water partition coefficient (Wildman–Crippen LogP) is 4.66. The quantitative estimate of drug-likeness (QED) is 0.658. The molecule has 1 fully saturated rings. The fraction of sp³-hybridized carbons (Fsp3) is 0.273. The van der Waals surface area contributed by atoms with Crippen LogP contribution in [-0.2, 0) is 6.54 Å². The first-order valence-electron chi connectivity index (χ1n) is 9.50. The SMILES string of the molecule is Cl.NCc1ccc(C(=O)Nc2cc(C3CCCC3)nn2-c2ccccc2)cc1. The monoisotopic (exact) mass is 396 g/mol. The molecule has 1 heterocycles. The van der Waals surface area contributed by atoms with Crippen molar-refractivity contribution in [1.29, 1.82) is 0 Å². The molecule has 1 aliphatic rings. The number of nitrogens with zero attached hydrogens (tertiary/aromatic N) is 2. The first kappa shape index (κ1) is 20.1. The summed E-state index contributed by atoms with van der Waals surface area (Å²) in [6, 6.07) is 19.3. The molecule has 6 heteroatoms. The number of aromatic nitrogens is 2. The Kier molecular flexibility index (Phi) is 6.49. The largest absolute Gasteiger partial charge is 0.326 e. The second-order valence-corrected chi connectivity index (χ2v) is 7.04. The van der Waals surface area contributed by atoms with Crippen molar-refractivity contribution < 1.29 is 4.79 Å². The normalized spacial score (nSPS) is 13.9. The number of amides is 1. The summed E-state index contributed by atoms with van der Waals surface area (Å²) in [7, 11) is 0. The van der Waals surface area contributed by atoms with E-state index in [1.807, 2.05) is 53.2 Å². The van der Waals surface area contributed by atoms with Crippen molar-refractivity contribution in [1.82, 2.24) is 9.78 Å². The second-order valence-electron chi connectivity index (χ2n) is 7.04. The van der Waals surface area contributed by atoms with Crippen molar-refractivity contribution >= 4 is 24.1 Å². The Morgan fingerprint density at radius 3 is 2.39 bits per heavy atom. The van der Waals surface area contributed by atoms with Gasteiger partial charge in [-0.3, -0.25) is 4.79 Å². The van der Waals surface area contributed by atoms with Crippen molar-refractivity contribution in [2.75, 3.05) is 5.32 Å². The number of halogens is 1. The molecule has 0 atom stereocenters. The number of carbonyl (C=O) groups excluding carboxylic acids is 1. The first-order valence-corrected chi connectivity index (χ1v) is 9.50. The molecular weight excluding hydrogens is 372 g/mol. The highest BCUT2D eigenvalue weighted by atomic mass is 35.5. The van der Waals surface area contributed by atoms with Crippen LogP contribution in [0.4, 0.5) is 5.82 Å². The van der Waals surface area contributed by atoms with Gasteiger partial charge in [0.1, 0.15) is 5.82 Å². The van der Waals surface area contributed by atoms with Gasteiger partial charge in [0.05, 0.1) is 11.4 Å². The van der Waals surface area contributed by atoms with Gasteiger partial charge in [0, 0.05) is 24.1 Å². The molecule has 3 aromatic rings. The lowest BCUT2D eigenvalue weighted by molar-refractivity contribution is 0.102. The summed E-state index contributed by atoms with van der Waals surface area (Å²) < 4.78 is 1.83. The second kappa shape index (κ2) is 9.04. The summed E-state index contributed by atoms with van der Waals surface area (Å²) in [5, 5.41) is 7.86. The number of anilines is 1. The van der Waals surface area contributed by atoms with Crippen LogP contribution in [-0.4, -0.2) is 15.7 Å². The third kappa shape index (κ3) is 4.26. The van der Waals surface area contributed by atoms with Crippen molar-refractivity contribution in [2.24, 2.45) is 5.73 Å². The van der Waals surface area contributed by atoms with Crippen molar-refractivity contribution in [2.45, 2.75) is 38.1 Å². The molecular formula is C22H25ClN4O. The Morgan fingerprint density at radius 2 is 1.75 bits per heavy atom. The lowest BCUT2D eigenvalue weighted by atomic mass is 10.0. The van der Waals surface area contributed by atoms with Crippen LogP contribution in [0.2, 0.25) is 0 Å². The molecule has 1 amide bonds. The molecule has 0 unspecified atom stereocenters. The molecule has 0 bridgehead atoms. The number of hydrogen-bond donors (Lipinski definition) is 2. The molecule has 3 N–H and O–H groups in total. The van der Waals surface area contributed by atoms with Crippen LogP contribution in [0.15, 0.2) is 60.7 Å². The van der Waals surface area contributed by atoms with Gasteiger partial charge in [-0.15, -0.1) is 12.4 Å². The zero-order valence-electron chi connectivity index (χ0n) is 15.7. The Balaban J connectivity index is 0.00000225. The van der Waals surface area contributed by atoms with Gasteiger partial charge in [0.15, 0.2) is 0 Å². The number of para-hydroxylation sites is 1. The van der Waals surface area contributed by atoms with E-state index in [1.54, 1.807) is 12.1 Å².